The lowest BCUT2D eigenvalue weighted by Gasteiger charge is -2.24. The van der Waals surface area contributed by atoms with Crippen molar-refractivity contribution in [1.29, 1.82) is 0 Å². The Labute approximate surface area is 145 Å². The van der Waals surface area contributed by atoms with E-state index in [9.17, 15) is 5.11 Å². The van der Waals surface area contributed by atoms with Crippen LogP contribution < -0.4 is 15.8 Å². The molecule has 0 spiro atoms. The molecule has 1 aliphatic rings. The number of para-hydroxylation sites is 2. The molecule has 0 saturated carbocycles. The number of aromatic hydroxyl groups is 1. The highest BCUT2D eigenvalue weighted by atomic mass is 79.9. The maximum atomic E-state index is 10.0. The predicted octanol–water partition coefficient (Wildman–Crippen LogP) is 2.80. The van der Waals surface area contributed by atoms with Crippen molar-refractivity contribution in [2.75, 3.05) is 12.4 Å². The van der Waals surface area contributed by atoms with E-state index in [1.165, 1.54) is 7.11 Å². The van der Waals surface area contributed by atoms with Crippen molar-refractivity contribution in [3.05, 3.63) is 46.4 Å². The van der Waals surface area contributed by atoms with Crippen LogP contribution in [0.3, 0.4) is 0 Å². The Morgan fingerprint density at radius 2 is 2.12 bits per heavy atom. The van der Waals surface area contributed by atoms with Crippen LogP contribution >= 0.6 is 15.9 Å². The van der Waals surface area contributed by atoms with Crippen molar-refractivity contribution in [1.82, 2.24) is 9.55 Å². The molecule has 0 fully saturated rings. The molecule has 0 unspecified atom stereocenters. The zero-order valence-electron chi connectivity index (χ0n) is 12.7. The first-order chi connectivity index (χ1) is 11.6. The van der Waals surface area contributed by atoms with Gasteiger partial charge in [0.15, 0.2) is 23.6 Å². The molecule has 7 nitrogen and oxygen atoms in total. The van der Waals surface area contributed by atoms with Gasteiger partial charge in [-0.25, -0.2) is 9.98 Å². The molecular formula is C16H14BrN5O2. The fourth-order valence-electron chi connectivity index (χ4n) is 2.84. The molecule has 4 rings (SSSR count). The standard InChI is InChI=1S/C16H14BrN5O2/c1-24-12-7-8(6-9(17)13(12)23)14-20-15(18)21-16-19-10-4-2-3-5-11(10)22(14)16/h2-7,14,23H,1H3,(H3,18,19,20,21)/t14-/m0/s1. The van der Waals surface area contributed by atoms with Crippen LogP contribution in [0.15, 0.2) is 45.9 Å². The molecule has 1 atom stereocenters. The molecule has 1 aromatic heterocycles. The van der Waals surface area contributed by atoms with Crippen LogP contribution in [-0.2, 0) is 0 Å². The van der Waals surface area contributed by atoms with E-state index in [0.717, 1.165) is 16.6 Å². The summed E-state index contributed by atoms with van der Waals surface area (Å²) in [5.74, 6) is 1.31. The highest BCUT2D eigenvalue weighted by Crippen LogP contribution is 2.40. The van der Waals surface area contributed by atoms with Gasteiger partial charge >= 0.3 is 0 Å². The van der Waals surface area contributed by atoms with E-state index in [1.54, 1.807) is 12.1 Å². The Morgan fingerprint density at radius 3 is 2.92 bits per heavy atom. The third kappa shape index (κ3) is 2.18. The predicted molar refractivity (Wildman–Crippen MR) is 95.5 cm³/mol. The number of methoxy groups -OCH3 is 1. The first kappa shape index (κ1) is 14.8. The molecular weight excluding hydrogens is 374 g/mol. The van der Waals surface area contributed by atoms with Gasteiger partial charge in [-0.2, -0.15) is 0 Å². The van der Waals surface area contributed by atoms with E-state index >= 15 is 0 Å². The van der Waals surface area contributed by atoms with Crippen LogP contribution in [0.2, 0.25) is 0 Å². The number of rotatable bonds is 2. The Bertz CT molecular complexity index is 982. The highest BCUT2D eigenvalue weighted by Gasteiger charge is 2.26. The number of aliphatic imine (C=N–C) groups is 1. The molecule has 0 saturated heterocycles. The van der Waals surface area contributed by atoms with Crippen LogP contribution in [0.1, 0.15) is 11.7 Å². The number of benzene rings is 2. The number of hydrogen-bond acceptors (Lipinski definition) is 6. The van der Waals surface area contributed by atoms with Gasteiger partial charge in [0.05, 0.1) is 22.6 Å². The Balaban J connectivity index is 1.96. The van der Waals surface area contributed by atoms with Gasteiger partial charge in [0, 0.05) is 5.56 Å². The van der Waals surface area contributed by atoms with Crippen LogP contribution in [0, 0.1) is 0 Å². The number of ether oxygens (including phenoxy) is 1. The summed E-state index contributed by atoms with van der Waals surface area (Å²) in [5.41, 5.74) is 8.52. The minimum Gasteiger partial charge on any atom is -0.503 e. The van der Waals surface area contributed by atoms with Gasteiger partial charge in [0.2, 0.25) is 5.95 Å². The number of imidazole rings is 1. The molecule has 3 aromatic rings. The van der Waals surface area contributed by atoms with E-state index in [4.69, 9.17) is 10.5 Å². The minimum absolute atomic E-state index is 0.0443. The summed E-state index contributed by atoms with van der Waals surface area (Å²) >= 11 is 3.35. The zero-order chi connectivity index (χ0) is 16.8. The summed E-state index contributed by atoms with van der Waals surface area (Å²) in [6.07, 6.45) is -0.417. The van der Waals surface area contributed by atoms with Crippen molar-refractivity contribution in [2.24, 2.45) is 10.7 Å². The molecule has 0 aliphatic carbocycles. The molecule has 0 radical (unpaired) electrons. The summed E-state index contributed by atoms with van der Waals surface area (Å²) in [7, 11) is 1.50. The zero-order valence-corrected chi connectivity index (χ0v) is 14.3. The average Bonchev–Trinajstić information content (AvgIpc) is 2.94. The summed E-state index contributed by atoms with van der Waals surface area (Å²) in [4.78, 5) is 9.07. The number of hydrogen-bond donors (Lipinski definition) is 3. The number of guanidine groups is 1. The maximum Gasteiger partial charge on any atom is 0.212 e. The lowest BCUT2D eigenvalue weighted by Crippen LogP contribution is -2.31. The monoisotopic (exact) mass is 387 g/mol. The van der Waals surface area contributed by atoms with Crippen molar-refractivity contribution in [2.45, 2.75) is 6.17 Å². The van der Waals surface area contributed by atoms with Crippen molar-refractivity contribution >= 4 is 38.9 Å². The molecule has 4 N–H and O–H groups in total. The number of nitrogens with two attached hydrogens (primary N) is 1. The Kier molecular flexibility index (Phi) is 3.34. The SMILES string of the molecule is COc1cc([C@H]2N=C(N)Nc3nc4ccccc4n32)cc(Br)c1O. The van der Waals surface area contributed by atoms with Gasteiger partial charge in [0.1, 0.15) is 0 Å². The van der Waals surface area contributed by atoms with E-state index in [-0.39, 0.29) is 11.7 Å². The molecule has 24 heavy (non-hydrogen) atoms. The van der Waals surface area contributed by atoms with Crippen LogP contribution in [0.25, 0.3) is 11.0 Å². The number of anilines is 1. The first-order valence-corrected chi connectivity index (χ1v) is 8.01. The molecule has 2 heterocycles. The summed E-state index contributed by atoms with van der Waals surface area (Å²) < 4.78 is 7.73. The lowest BCUT2D eigenvalue weighted by molar-refractivity contribution is 0.370. The van der Waals surface area contributed by atoms with E-state index in [0.29, 0.717) is 16.2 Å². The molecule has 2 aromatic carbocycles. The van der Waals surface area contributed by atoms with E-state index < -0.39 is 6.17 Å². The van der Waals surface area contributed by atoms with Gasteiger partial charge in [-0.05, 0) is 40.2 Å². The Morgan fingerprint density at radius 1 is 1.33 bits per heavy atom. The molecule has 122 valence electrons. The number of phenolic OH excluding ortho intramolecular Hbond substituents is 1. The lowest BCUT2D eigenvalue weighted by atomic mass is 10.1. The quantitative estimate of drug-likeness (QED) is 0.627. The summed E-state index contributed by atoms with van der Waals surface area (Å²) in [5, 5.41) is 13.0. The second-order valence-corrected chi connectivity index (χ2v) is 6.22. The van der Waals surface area contributed by atoms with Gasteiger partial charge in [-0.1, -0.05) is 12.1 Å². The number of aromatic nitrogens is 2. The second kappa shape index (κ2) is 5.41. The number of nitrogens with zero attached hydrogens (tertiary/aromatic N) is 3. The van der Waals surface area contributed by atoms with E-state index in [1.807, 2.05) is 28.8 Å². The average molecular weight is 388 g/mol. The maximum absolute atomic E-state index is 10.0. The second-order valence-electron chi connectivity index (χ2n) is 5.36. The molecule has 1 aliphatic heterocycles. The third-order valence-electron chi connectivity index (χ3n) is 3.91. The topological polar surface area (TPSA) is 97.7 Å². The Hall–Kier alpha value is -2.74. The van der Waals surface area contributed by atoms with Crippen molar-refractivity contribution in [3.63, 3.8) is 0 Å². The number of phenols is 1. The molecule has 0 amide bonds. The van der Waals surface area contributed by atoms with Gasteiger partial charge in [0.25, 0.3) is 0 Å². The minimum atomic E-state index is -0.417. The van der Waals surface area contributed by atoms with Crippen LogP contribution in [0.5, 0.6) is 11.5 Å². The fraction of sp³-hybridized carbons (Fsp3) is 0.125. The van der Waals surface area contributed by atoms with Crippen LogP contribution in [0.4, 0.5) is 5.95 Å². The number of fused-ring (bicyclic) bond motifs is 3. The van der Waals surface area contributed by atoms with Gasteiger partial charge in [-0.3, -0.25) is 9.88 Å². The van der Waals surface area contributed by atoms with Crippen LogP contribution in [-0.4, -0.2) is 27.7 Å². The first-order valence-electron chi connectivity index (χ1n) is 7.22. The molecule has 0 bridgehead atoms. The van der Waals surface area contributed by atoms with E-state index in [2.05, 4.69) is 31.2 Å². The van der Waals surface area contributed by atoms with Crippen molar-refractivity contribution < 1.29 is 9.84 Å². The number of halogens is 1. The van der Waals surface area contributed by atoms with Crippen molar-refractivity contribution in [3.8, 4) is 11.5 Å². The third-order valence-corrected chi connectivity index (χ3v) is 4.51. The summed E-state index contributed by atoms with van der Waals surface area (Å²) in [6.45, 7) is 0. The highest BCUT2D eigenvalue weighted by molar-refractivity contribution is 9.10. The number of nitrogens with one attached hydrogen (secondary N) is 1. The normalized spacial score (nSPS) is 16.4. The van der Waals surface area contributed by atoms with Gasteiger partial charge < -0.3 is 15.6 Å². The van der Waals surface area contributed by atoms with Gasteiger partial charge in [-0.15, -0.1) is 0 Å². The summed E-state index contributed by atoms with van der Waals surface area (Å²) in [6, 6.07) is 11.3. The smallest absolute Gasteiger partial charge is 0.212 e. The molecule has 8 heteroatoms. The largest absolute Gasteiger partial charge is 0.503 e. The fourth-order valence-corrected chi connectivity index (χ4v) is 3.30.